The first kappa shape index (κ1) is 12.9. The van der Waals surface area contributed by atoms with E-state index in [4.69, 9.17) is 4.74 Å². The third-order valence-corrected chi connectivity index (χ3v) is 3.00. The molecule has 84 valence electrons. The molecule has 0 radical (unpaired) electrons. The summed E-state index contributed by atoms with van der Waals surface area (Å²) in [4.78, 5) is 2.02. The maximum absolute atomic E-state index is 13.1. The van der Waals surface area contributed by atoms with Crippen molar-refractivity contribution in [3.8, 4) is 5.75 Å². The van der Waals surface area contributed by atoms with Crippen LogP contribution in [0.15, 0.2) is 21.1 Å². The first-order chi connectivity index (χ1) is 7.00. The Bertz CT molecular complexity index is 344. The number of ether oxygens (including phenoxy) is 1. The normalized spacial score (nSPS) is 10.8. The van der Waals surface area contributed by atoms with E-state index in [0.717, 1.165) is 6.54 Å². The van der Waals surface area contributed by atoms with E-state index in [0.29, 0.717) is 21.3 Å². The van der Waals surface area contributed by atoms with Crippen LogP contribution in [0.5, 0.6) is 5.75 Å². The van der Waals surface area contributed by atoms with E-state index in [2.05, 4.69) is 31.9 Å². The smallest absolute Gasteiger partial charge is 0.138 e. The molecule has 0 atom stereocenters. The molecule has 1 rings (SSSR count). The minimum atomic E-state index is -0.304. The molecular weight excluding hydrogens is 329 g/mol. The molecule has 2 nitrogen and oxygen atoms in total. The average Bonchev–Trinajstić information content (AvgIpc) is 2.13. The van der Waals surface area contributed by atoms with Gasteiger partial charge in [0.25, 0.3) is 0 Å². The van der Waals surface area contributed by atoms with Gasteiger partial charge in [-0.15, -0.1) is 0 Å². The standard InChI is InChI=1S/C10H12Br2FNO/c1-14(2)3-4-15-10-6-7(11)9(13)5-8(10)12/h5-6H,3-4H2,1-2H3. The van der Waals surface area contributed by atoms with E-state index < -0.39 is 0 Å². The van der Waals surface area contributed by atoms with Gasteiger partial charge in [-0.1, -0.05) is 0 Å². The summed E-state index contributed by atoms with van der Waals surface area (Å²) in [6.07, 6.45) is 0. The minimum Gasteiger partial charge on any atom is -0.491 e. The van der Waals surface area contributed by atoms with E-state index in [1.54, 1.807) is 6.07 Å². The Kier molecular flexibility index (Phi) is 5.02. The van der Waals surface area contributed by atoms with Crippen LogP contribution in [0.2, 0.25) is 0 Å². The molecule has 0 heterocycles. The highest BCUT2D eigenvalue weighted by Gasteiger charge is 2.07. The van der Waals surface area contributed by atoms with Crippen molar-refractivity contribution in [2.75, 3.05) is 27.2 Å². The number of hydrogen-bond donors (Lipinski definition) is 0. The number of likely N-dealkylation sites (N-methyl/N-ethyl adjacent to an activating group) is 1. The van der Waals surface area contributed by atoms with Gasteiger partial charge in [0, 0.05) is 6.54 Å². The van der Waals surface area contributed by atoms with E-state index in [1.165, 1.54) is 6.07 Å². The molecule has 0 aliphatic carbocycles. The number of nitrogens with zero attached hydrogens (tertiary/aromatic N) is 1. The Morgan fingerprint density at radius 3 is 2.53 bits per heavy atom. The van der Waals surface area contributed by atoms with Crippen LogP contribution >= 0.6 is 31.9 Å². The van der Waals surface area contributed by atoms with Crippen molar-refractivity contribution in [3.05, 3.63) is 26.9 Å². The molecule has 0 saturated heterocycles. The van der Waals surface area contributed by atoms with Crippen molar-refractivity contribution in [1.29, 1.82) is 0 Å². The molecule has 0 bridgehead atoms. The lowest BCUT2D eigenvalue weighted by atomic mass is 10.3. The van der Waals surface area contributed by atoms with Gasteiger partial charge in [0.2, 0.25) is 0 Å². The number of halogens is 3. The van der Waals surface area contributed by atoms with Crippen LogP contribution < -0.4 is 4.74 Å². The van der Waals surface area contributed by atoms with Crippen molar-refractivity contribution in [1.82, 2.24) is 4.90 Å². The number of rotatable bonds is 4. The Morgan fingerprint density at radius 1 is 1.27 bits per heavy atom. The van der Waals surface area contributed by atoms with Crippen LogP contribution in [-0.4, -0.2) is 32.1 Å². The molecular formula is C10H12Br2FNO. The lowest BCUT2D eigenvalue weighted by Gasteiger charge is -2.12. The van der Waals surface area contributed by atoms with Crippen molar-refractivity contribution in [2.24, 2.45) is 0 Å². The quantitative estimate of drug-likeness (QED) is 0.780. The molecule has 0 unspecified atom stereocenters. The minimum absolute atomic E-state index is 0.304. The van der Waals surface area contributed by atoms with E-state index in [9.17, 15) is 4.39 Å². The third kappa shape index (κ3) is 4.09. The molecule has 0 N–H and O–H groups in total. The van der Waals surface area contributed by atoms with Crippen LogP contribution in [0.4, 0.5) is 4.39 Å². The second-order valence-corrected chi connectivity index (χ2v) is 5.06. The Balaban J connectivity index is 2.65. The van der Waals surface area contributed by atoms with Crippen molar-refractivity contribution in [2.45, 2.75) is 0 Å². The first-order valence-corrected chi connectivity index (χ1v) is 6.01. The van der Waals surface area contributed by atoms with E-state index in [1.807, 2.05) is 19.0 Å². The molecule has 0 aliphatic heterocycles. The lowest BCUT2D eigenvalue weighted by molar-refractivity contribution is 0.260. The summed E-state index contributed by atoms with van der Waals surface area (Å²) < 4.78 is 19.6. The van der Waals surface area contributed by atoms with Crippen LogP contribution in [0.3, 0.4) is 0 Å². The number of hydrogen-bond acceptors (Lipinski definition) is 2. The highest BCUT2D eigenvalue weighted by Crippen LogP contribution is 2.30. The molecule has 1 aromatic rings. The van der Waals surface area contributed by atoms with Crippen LogP contribution in [0, 0.1) is 5.82 Å². The highest BCUT2D eigenvalue weighted by molar-refractivity contribution is 9.11. The summed E-state index contributed by atoms with van der Waals surface area (Å²) in [5.41, 5.74) is 0. The van der Waals surface area contributed by atoms with Crippen molar-refractivity contribution in [3.63, 3.8) is 0 Å². The lowest BCUT2D eigenvalue weighted by Crippen LogP contribution is -2.19. The molecule has 0 aromatic heterocycles. The van der Waals surface area contributed by atoms with Crippen LogP contribution in [-0.2, 0) is 0 Å². The van der Waals surface area contributed by atoms with Gasteiger partial charge >= 0.3 is 0 Å². The fourth-order valence-electron chi connectivity index (χ4n) is 0.953. The van der Waals surface area contributed by atoms with Gasteiger partial charge in [-0.2, -0.15) is 0 Å². The Hall–Kier alpha value is -0.130. The maximum Gasteiger partial charge on any atom is 0.138 e. The van der Waals surface area contributed by atoms with Gasteiger partial charge in [0.1, 0.15) is 18.2 Å². The Morgan fingerprint density at radius 2 is 1.93 bits per heavy atom. The summed E-state index contributed by atoms with van der Waals surface area (Å²) in [5, 5.41) is 0. The maximum atomic E-state index is 13.1. The van der Waals surface area contributed by atoms with Crippen molar-refractivity contribution < 1.29 is 9.13 Å². The molecule has 0 aliphatic rings. The van der Waals surface area contributed by atoms with Gasteiger partial charge in [-0.3, -0.25) is 0 Å². The monoisotopic (exact) mass is 339 g/mol. The number of benzene rings is 1. The zero-order chi connectivity index (χ0) is 11.4. The second-order valence-electron chi connectivity index (χ2n) is 3.35. The summed E-state index contributed by atoms with van der Waals surface area (Å²) in [5.74, 6) is 0.340. The van der Waals surface area contributed by atoms with E-state index >= 15 is 0 Å². The fourth-order valence-corrected chi connectivity index (χ4v) is 1.71. The van der Waals surface area contributed by atoms with Gasteiger partial charge in [-0.25, -0.2) is 4.39 Å². The third-order valence-electron chi connectivity index (χ3n) is 1.77. The second kappa shape index (κ2) is 5.82. The predicted molar refractivity (Wildman–Crippen MR) is 65.8 cm³/mol. The SMILES string of the molecule is CN(C)CCOc1cc(Br)c(F)cc1Br. The van der Waals surface area contributed by atoms with Crippen LogP contribution in [0.1, 0.15) is 0 Å². The molecule has 5 heteroatoms. The zero-order valence-electron chi connectivity index (χ0n) is 8.56. The first-order valence-electron chi connectivity index (χ1n) is 4.43. The van der Waals surface area contributed by atoms with Gasteiger partial charge in [0.15, 0.2) is 0 Å². The largest absolute Gasteiger partial charge is 0.491 e. The van der Waals surface area contributed by atoms with Crippen LogP contribution in [0.25, 0.3) is 0 Å². The summed E-state index contributed by atoms with van der Waals surface area (Å²) in [6, 6.07) is 3.00. The van der Waals surface area contributed by atoms with Gasteiger partial charge < -0.3 is 9.64 Å². The van der Waals surface area contributed by atoms with Crippen molar-refractivity contribution >= 4 is 31.9 Å². The molecule has 1 aromatic carbocycles. The molecule has 0 saturated carbocycles. The molecule has 0 spiro atoms. The summed E-state index contributed by atoms with van der Waals surface area (Å²) in [6.45, 7) is 1.39. The van der Waals surface area contributed by atoms with E-state index in [-0.39, 0.29) is 5.82 Å². The molecule has 0 fully saturated rings. The topological polar surface area (TPSA) is 12.5 Å². The zero-order valence-corrected chi connectivity index (χ0v) is 11.7. The molecule has 15 heavy (non-hydrogen) atoms. The van der Waals surface area contributed by atoms with Gasteiger partial charge in [-0.05, 0) is 58.1 Å². The average molecular weight is 341 g/mol. The summed E-state index contributed by atoms with van der Waals surface area (Å²) in [7, 11) is 3.94. The summed E-state index contributed by atoms with van der Waals surface area (Å²) >= 11 is 6.36. The highest BCUT2D eigenvalue weighted by atomic mass is 79.9. The Labute approximate surface area is 106 Å². The van der Waals surface area contributed by atoms with Gasteiger partial charge in [0.05, 0.1) is 8.95 Å². The fraction of sp³-hybridized carbons (Fsp3) is 0.400. The molecule has 0 amide bonds. The predicted octanol–water partition coefficient (Wildman–Crippen LogP) is 3.29.